The number of carboxylic acids is 2. The van der Waals surface area contributed by atoms with E-state index in [1.165, 1.54) is 24.3 Å². The molecule has 234 valence electrons. The van der Waals surface area contributed by atoms with E-state index in [9.17, 15) is 19.8 Å². The average molecular weight is 715 g/mol. The van der Waals surface area contributed by atoms with Gasteiger partial charge in [0.05, 0.1) is 17.4 Å². The zero-order chi connectivity index (χ0) is 34.1. The van der Waals surface area contributed by atoms with Gasteiger partial charge in [-0.3, -0.25) is 0 Å². The number of benzene rings is 6. The van der Waals surface area contributed by atoms with Crippen LogP contribution in [0.15, 0.2) is 133 Å². The molecule has 6 aromatic carbocycles. The Morgan fingerprint density at radius 2 is 0.804 bits per heavy atom. The second kappa shape index (κ2) is 16.3. The first-order chi connectivity index (χ1) is 23.8. The van der Waals surface area contributed by atoms with E-state index >= 15 is 0 Å². The van der Waals surface area contributed by atoms with Gasteiger partial charge in [-0.2, -0.15) is 0 Å². The fourth-order valence-electron chi connectivity index (χ4n) is 6.43. The summed E-state index contributed by atoms with van der Waals surface area (Å²) in [6, 6.07) is 39.5. The van der Waals surface area contributed by atoms with Crippen LogP contribution in [0.25, 0.3) is 11.1 Å². The van der Waals surface area contributed by atoms with Gasteiger partial charge < -0.3 is 29.3 Å². The van der Waals surface area contributed by atoms with E-state index in [-0.39, 0.29) is 114 Å². The van der Waals surface area contributed by atoms with Crippen LogP contribution in [0.5, 0.6) is 23.0 Å². The molecule has 0 bridgehead atoms. The third kappa shape index (κ3) is 7.45. The number of carbonyl (C=O) groups is 2. The van der Waals surface area contributed by atoms with Gasteiger partial charge in [0.1, 0.15) is 23.0 Å². The quantitative estimate of drug-likeness (QED) is 0.167. The number of aromatic carboxylic acids is 2. The molecule has 0 unspecified atom stereocenters. The van der Waals surface area contributed by atoms with Crippen LogP contribution in [0.3, 0.4) is 0 Å². The Morgan fingerprint density at radius 3 is 1.10 bits per heavy atom. The molecule has 8 heteroatoms. The van der Waals surface area contributed by atoms with E-state index in [1.807, 2.05) is 84.9 Å². The number of carbonyl (C=O) groups excluding carboxylic acids is 2. The van der Waals surface area contributed by atoms with E-state index in [1.54, 1.807) is 24.3 Å². The molecule has 1 aliphatic rings. The number of carboxylic acid groups (broad SMARTS) is 2. The van der Waals surface area contributed by atoms with E-state index in [0.717, 1.165) is 44.5 Å². The van der Waals surface area contributed by atoms with Crippen molar-refractivity contribution >= 4 is 11.9 Å². The Balaban J connectivity index is 0.00000252. The standard InChI is InChI=1S/C43H26O6.2K/c1-3-27-5-23-37-38-24-6-28(4-2)26-40(38)43(39(37)25-27,31-11-19-35(20-12-31)48-33-15-7-29(8-16-33)41(44)45)32-13-21-36(22-14-32)49-34-17-9-30(10-18-34)42(46)47;;/h1-2,5-26H,(H,44,45)(H,46,47);;/q;2*+1/p-2. The maximum Gasteiger partial charge on any atom is 1.00 e. The fraction of sp³-hybridized carbons (Fsp3) is 0.0233. The van der Waals surface area contributed by atoms with Gasteiger partial charge in [-0.15, -0.1) is 12.8 Å². The SMILES string of the molecule is C#Cc1ccc2c(c1)C(c1ccc(Oc3ccc(C(=O)[O-])cc3)cc1)(c1ccc(Oc3ccc(C(=O)[O-])cc3)cc1)c1cc(C#C)ccc1-2.[K+].[K+]. The van der Waals surface area contributed by atoms with Crippen LogP contribution in [-0.2, 0) is 5.41 Å². The van der Waals surface area contributed by atoms with Crippen LogP contribution in [0.2, 0.25) is 0 Å². The maximum atomic E-state index is 11.2. The van der Waals surface area contributed by atoms with Gasteiger partial charge >= 0.3 is 103 Å². The fourth-order valence-corrected chi connectivity index (χ4v) is 6.43. The summed E-state index contributed by atoms with van der Waals surface area (Å²) >= 11 is 0. The number of rotatable bonds is 8. The summed E-state index contributed by atoms with van der Waals surface area (Å²) in [5, 5.41) is 22.3. The van der Waals surface area contributed by atoms with Crippen molar-refractivity contribution in [3.8, 4) is 58.8 Å². The van der Waals surface area contributed by atoms with E-state index < -0.39 is 17.4 Å². The normalized spacial score (nSPS) is 11.6. The van der Waals surface area contributed by atoms with Crippen LogP contribution in [0, 0.1) is 24.7 Å². The third-order valence-corrected chi connectivity index (χ3v) is 8.70. The molecule has 6 aromatic rings. The molecule has 0 radical (unpaired) electrons. The van der Waals surface area contributed by atoms with Crippen molar-refractivity contribution in [1.82, 2.24) is 0 Å². The Kier molecular flexibility index (Phi) is 12.3. The van der Waals surface area contributed by atoms with Gasteiger partial charge in [-0.1, -0.05) is 48.2 Å². The van der Waals surface area contributed by atoms with Gasteiger partial charge in [0.15, 0.2) is 0 Å². The summed E-state index contributed by atoms with van der Waals surface area (Å²) < 4.78 is 12.1. The van der Waals surface area contributed by atoms with Crippen molar-refractivity contribution in [2.45, 2.75) is 5.41 Å². The number of ether oxygens (including phenoxy) is 2. The molecule has 1 aliphatic carbocycles. The van der Waals surface area contributed by atoms with Gasteiger partial charge in [-0.05, 0) is 142 Å². The molecular formula is C43H24K2O6. The van der Waals surface area contributed by atoms with E-state index in [4.69, 9.17) is 22.3 Å². The van der Waals surface area contributed by atoms with Crippen molar-refractivity contribution in [2.75, 3.05) is 0 Å². The summed E-state index contributed by atoms with van der Waals surface area (Å²) in [6.45, 7) is 0. The first kappa shape index (κ1) is 38.5. The zero-order valence-corrected chi connectivity index (χ0v) is 34.1. The van der Waals surface area contributed by atoms with E-state index in [2.05, 4.69) is 11.8 Å². The van der Waals surface area contributed by atoms with Crippen molar-refractivity contribution < 1.29 is 132 Å². The Bertz CT molecular complexity index is 2160. The molecule has 0 fully saturated rings. The van der Waals surface area contributed by atoms with Gasteiger partial charge in [0, 0.05) is 11.1 Å². The monoisotopic (exact) mass is 714 g/mol. The molecule has 0 N–H and O–H groups in total. The molecular weight excluding hydrogens is 691 g/mol. The molecule has 0 saturated heterocycles. The molecule has 0 aromatic heterocycles. The minimum Gasteiger partial charge on any atom is -0.545 e. The summed E-state index contributed by atoms with van der Waals surface area (Å²) in [7, 11) is 0. The van der Waals surface area contributed by atoms with Crippen LogP contribution in [-0.4, -0.2) is 11.9 Å². The van der Waals surface area contributed by atoms with Gasteiger partial charge in [-0.25, -0.2) is 0 Å². The second-order valence-electron chi connectivity index (χ2n) is 11.4. The number of terminal acetylenes is 2. The second-order valence-corrected chi connectivity index (χ2v) is 11.4. The Labute approximate surface area is 380 Å². The first-order valence-electron chi connectivity index (χ1n) is 15.2. The van der Waals surface area contributed by atoms with E-state index in [0.29, 0.717) is 23.0 Å². The molecule has 0 spiro atoms. The van der Waals surface area contributed by atoms with Crippen molar-refractivity contribution in [2.24, 2.45) is 0 Å². The summed E-state index contributed by atoms with van der Waals surface area (Å²) in [6.07, 6.45) is 11.8. The Morgan fingerprint density at radius 1 is 0.490 bits per heavy atom. The zero-order valence-electron chi connectivity index (χ0n) is 27.8. The van der Waals surface area contributed by atoms with Crippen LogP contribution in [0.4, 0.5) is 0 Å². The molecule has 0 atom stereocenters. The van der Waals surface area contributed by atoms with Crippen LogP contribution in [0.1, 0.15) is 54.1 Å². The molecule has 0 amide bonds. The van der Waals surface area contributed by atoms with Crippen molar-refractivity contribution in [3.05, 3.63) is 178 Å². The van der Waals surface area contributed by atoms with Crippen LogP contribution < -0.4 is 122 Å². The molecule has 0 aliphatic heterocycles. The number of hydrogen-bond donors (Lipinski definition) is 0. The molecule has 0 saturated carbocycles. The van der Waals surface area contributed by atoms with Gasteiger partial charge in [0.25, 0.3) is 0 Å². The average Bonchev–Trinajstić information content (AvgIpc) is 3.42. The minimum absolute atomic E-state index is 0. The summed E-state index contributed by atoms with van der Waals surface area (Å²) in [4.78, 5) is 22.3. The predicted octanol–water partition coefficient (Wildman–Crippen LogP) is 0.332. The van der Waals surface area contributed by atoms with Crippen LogP contribution >= 0.6 is 0 Å². The molecule has 6 nitrogen and oxygen atoms in total. The summed E-state index contributed by atoms with van der Waals surface area (Å²) in [5.74, 6) is 5.13. The van der Waals surface area contributed by atoms with Gasteiger partial charge in [0.2, 0.25) is 0 Å². The van der Waals surface area contributed by atoms with Crippen molar-refractivity contribution in [3.63, 3.8) is 0 Å². The topological polar surface area (TPSA) is 98.7 Å². The maximum absolute atomic E-state index is 11.2. The minimum atomic E-state index is -1.26. The summed E-state index contributed by atoms with van der Waals surface area (Å²) in [5.41, 5.74) is 6.64. The molecule has 51 heavy (non-hydrogen) atoms. The molecule has 7 rings (SSSR count). The number of fused-ring (bicyclic) bond motifs is 3. The smallest absolute Gasteiger partial charge is 0.545 e. The predicted molar refractivity (Wildman–Crippen MR) is 181 cm³/mol. The number of hydrogen-bond acceptors (Lipinski definition) is 6. The largest absolute Gasteiger partial charge is 1.00 e. The Hall–Kier alpha value is -3.75. The van der Waals surface area contributed by atoms with Crippen molar-refractivity contribution in [1.29, 1.82) is 0 Å². The first-order valence-corrected chi connectivity index (χ1v) is 15.2. The third-order valence-electron chi connectivity index (χ3n) is 8.70. The molecule has 0 heterocycles.